The molecule has 0 bridgehead atoms. The number of para-hydroxylation sites is 1. The molecule has 6 heteroatoms. The Morgan fingerprint density at radius 1 is 1.24 bits per heavy atom. The highest BCUT2D eigenvalue weighted by atomic mass is 16.5. The van der Waals surface area contributed by atoms with Crippen molar-refractivity contribution in [1.29, 1.82) is 0 Å². The molecule has 3 heterocycles. The molecule has 0 unspecified atom stereocenters. The van der Waals surface area contributed by atoms with E-state index >= 15 is 0 Å². The maximum absolute atomic E-state index is 13.1. The number of morpholine rings is 1. The standard InChI is InChI=1S/C19H20N4O2/c1-22-11-14(13-5-2-3-7-16(13)22)19(24)23-9-10-25-17(12-23)15-6-4-8-18(20)21-15/h2-8,11,17H,9-10,12H2,1H3,(H2,20,21)/t17-/m1/s1. The van der Waals surface area contributed by atoms with Gasteiger partial charge in [-0.1, -0.05) is 24.3 Å². The van der Waals surface area contributed by atoms with Crippen LogP contribution in [0.25, 0.3) is 10.9 Å². The Balaban J connectivity index is 1.61. The normalized spacial score (nSPS) is 17.8. The summed E-state index contributed by atoms with van der Waals surface area (Å²) in [6, 6.07) is 13.4. The largest absolute Gasteiger partial charge is 0.384 e. The van der Waals surface area contributed by atoms with E-state index in [9.17, 15) is 4.79 Å². The number of nitrogens with two attached hydrogens (primary N) is 1. The van der Waals surface area contributed by atoms with Crippen LogP contribution < -0.4 is 5.73 Å². The number of aryl methyl sites for hydroxylation is 1. The lowest BCUT2D eigenvalue weighted by Crippen LogP contribution is -2.42. The zero-order chi connectivity index (χ0) is 17.4. The number of nitrogen functional groups attached to an aromatic ring is 1. The average Bonchev–Trinajstić information content (AvgIpc) is 2.98. The van der Waals surface area contributed by atoms with E-state index in [0.29, 0.717) is 25.5 Å². The van der Waals surface area contributed by atoms with Crippen LogP contribution in [0.1, 0.15) is 22.2 Å². The highest BCUT2D eigenvalue weighted by molar-refractivity contribution is 6.07. The summed E-state index contributed by atoms with van der Waals surface area (Å²) in [5.74, 6) is 0.479. The highest BCUT2D eigenvalue weighted by Crippen LogP contribution is 2.26. The molecule has 25 heavy (non-hydrogen) atoms. The monoisotopic (exact) mass is 336 g/mol. The molecule has 1 saturated heterocycles. The number of pyridine rings is 1. The van der Waals surface area contributed by atoms with E-state index in [4.69, 9.17) is 10.5 Å². The number of rotatable bonds is 2. The SMILES string of the molecule is Cn1cc(C(=O)N2CCO[C@@H](c3cccc(N)n3)C2)c2ccccc21. The molecular weight excluding hydrogens is 316 g/mol. The van der Waals surface area contributed by atoms with Crippen molar-refractivity contribution in [1.82, 2.24) is 14.5 Å². The molecule has 1 atom stereocenters. The van der Waals surface area contributed by atoms with E-state index in [1.807, 2.05) is 59.1 Å². The van der Waals surface area contributed by atoms with Crippen LogP contribution in [0, 0.1) is 0 Å². The number of carbonyl (C=O) groups excluding carboxylic acids is 1. The van der Waals surface area contributed by atoms with E-state index in [1.165, 1.54) is 0 Å². The molecule has 1 aromatic carbocycles. The number of benzene rings is 1. The summed E-state index contributed by atoms with van der Waals surface area (Å²) in [6.07, 6.45) is 1.65. The van der Waals surface area contributed by atoms with Crippen LogP contribution in [0.2, 0.25) is 0 Å². The van der Waals surface area contributed by atoms with Gasteiger partial charge in [0.05, 0.1) is 24.4 Å². The Bertz CT molecular complexity index is 934. The Labute approximate surface area is 145 Å². The molecular formula is C19H20N4O2. The summed E-state index contributed by atoms with van der Waals surface area (Å²) >= 11 is 0. The molecule has 2 N–H and O–H groups in total. The van der Waals surface area contributed by atoms with Crippen LogP contribution in [0.15, 0.2) is 48.7 Å². The van der Waals surface area contributed by atoms with Gasteiger partial charge in [-0.15, -0.1) is 0 Å². The number of nitrogens with zero attached hydrogens (tertiary/aromatic N) is 3. The molecule has 128 valence electrons. The quantitative estimate of drug-likeness (QED) is 0.780. The maximum Gasteiger partial charge on any atom is 0.256 e. The van der Waals surface area contributed by atoms with E-state index in [-0.39, 0.29) is 12.0 Å². The number of hydrogen-bond donors (Lipinski definition) is 1. The average molecular weight is 336 g/mol. The summed E-state index contributed by atoms with van der Waals surface area (Å²) in [5, 5.41) is 0.972. The number of aromatic nitrogens is 2. The molecule has 6 nitrogen and oxygen atoms in total. The molecule has 0 aliphatic carbocycles. The van der Waals surface area contributed by atoms with Gasteiger partial charge in [0.1, 0.15) is 11.9 Å². The molecule has 4 rings (SSSR count). The van der Waals surface area contributed by atoms with Crippen LogP contribution in [-0.4, -0.2) is 40.1 Å². The van der Waals surface area contributed by atoms with Crippen LogP contribution in [-0.2, 0) is 11.8 Å². The minimum absolute atomic E-state index is 0.0222. The van der Waals surface area contributed by atoms with Crippen molar-refractivity contribution in [3.8, 4) is 0 Å². The van der Waals surface area contributed by atoms with Crippen molar-refractivity contribution in [2.75, 3.05) is 25.4 Å². The van der Waals surface area contributed by atoms with Crippen LogP contribution in [0.5, 0.6) is 0 Å². The fraction of sp³-hybridized carbons (Fsp3) is 0.263. The van der Waals surface area contributed by atoms with Crippen molar-refractivity contribution < 1.29 is 9.53 Å². The number of carbonyl (C=O) groups is 1. The van der Waals surface area contributed by atoms with Gasteiger partial charge >= 0.3 is 0 Å². The summed E-state index contributed by atoms with van der Waals surface area (Å²) < 4.78 is 7.80. The van der Waals surface area contributed by atoms with Gasteiger partial charge in [0, 0.05) is 30.7 Å². The summed E-state index contributed by atoms with van der Waals surface area (Å²) in [4.78, 5) is 19.2. The molecule has 1 amide bonds. The van der Waals surface area contributed by atoms with Gasteiger partial charge in [0.25, 0.3) is 5.91 Å². The van der Waals surface area contributed by atoms with Crippen molar-refractivity contribution in [3.05, 3.63) is 59.9 Å². The number of fused-ring (bicyclic) bond motifs is 1. The van der Waals surface area contributed by atoms with E-state index in [1.54, 1.807) is 6.07 Å². The summed E-state index contributed by atoms with van der Waals surface area (Å²) in [7, 11) is 1.96. The number of amides is 1. The minimum Gasteiger partial charge on any atom is -0.384 e. The molecule has 1 aliphatic heterocycles. The Kier molecular flexibility index (Phi) is 3.89. The van der Waals surface area contributed by atoms with Gasteiger partial charge in [-0.25, -0.2) is 4.98 Å². The third-order valence-corrected chi connectivity index (χ3v) is 4.60. The molecule has 3 aromatic rings. The molecule has 2 aromatic heterocycles. The fourth-order valence-corrected chi connectivity index (χ4v) is 3.34. The predicted octanol–water partition coefficient (Wildman–Crippen LogP) is 2.37. The van der Waals surface area contributed by atoms with Gasteiger partial charge in [0.15, 0.2) is 0 Å². The third-order valence-electron chi connectivity index (χ3n) is 4.60. The topological polar surface area (TPSA) is 73.4 Å². The van der Waals surface area contributed by atoms with Crippen LogP contribution >= 0.6 is 0 Å². The minimum atomic E-state index is -0.254. The number of hydrogen-bond acceptors (Lipinski definition) is 4. The lowest BCUT2D eigenvalue weighted by atomic mass is 10.1. The first-order valence-corrected chi connectivity index (χ1v) is 8.31. The zero-order valence-corrected chi connectivity index (χ0v) is 14.1. The maximum atomic E-state index is 13.1. The molecule has 0 saturated carbocycles. The van der Waals surface area contributed by atoms with E-state index in [2.05, 4.69) is 4.98 Å². The van der Waals surface area contributed by atoms with E-state index < -0.39 is 0 Å². The first-order chi connectivity index (χ1) is 12.1. The van der Waals surface area contributed by atoms with Gasteiger partial charge in [-0.3, -0.25) is 4.79 Å². The fourth-order valence-electron chi connectivity index (χ4n) is 3.34. The van der Waals surface area contributed by atoms with E-state index in [0.717, 1.165) is 22.2 Å². The lowest BCUT2D eigenvalue weighted by Gasteiger charge is -2.32. The van der Waals surface area contributed by atoms with Crippen molar-refractivity contribution in [2.24, 2.45) is 7.05 Å². The Morgan fingerprint density at radius 2 is 2.08 bits per heavy atom. The van der Waals surface area contributed by atoms with Gasteiger partial charge in [-0.05, 0) is 18.2 Å². The first-order valence-electron chi connectivity index (χ1n) is 8.31. The lowest BCUT2D eigenvalue weighted by molar-refractivity contribution is -0.0246. The Hall–Kier alpha value is -2.86. The smallest absolute Gasteiger partial charge is 0.256 e. The van der Waals surface area contributed by atoms with Gasteiger partial charge < -0.3 is 19.9 Å². The number of ether oxygens (including phenoxy) is 1. The van der Waals surface area contributed by atoms with Crippen molar-refractivity contribution in [2.45, 2.75) is 6.10 Å². The molecule has 1 aliphatic rings. The third kappa shape index (κ3) is 2.85. The van der Waals surface area contributed by atoms with Crippen LogP contribution in [0.3, 0.4) is 0 Å². The zero-order valence-electron chi connectivity index (χ0n) is 14.1. The number of anilines is 1. The Morgan fingerprint density at radius 3 is 2.92 bits per heavy atom. The molecule has 0 radical (unpaired) electrons. The van der Waals surface area contributed by atoms with Gasteiger partial charge in [-0.2, -0.15) is 0 Å². The highest BCUT2D eigenvalue weighted by Gasteiger charge is 2.28. The summed E-state index contributed by atoms with van der Waals surface area (Å²) in [5.41, 5.74) is 8.30. The second kappa shape index (κ2) is 6.22. The summed E-state index contributed by atoms with van der Waals surface area (Å²) in [6.45, 7) is 1.52. The molecule has 0 spiro atoms. The first kappa shape index (κ1) is 15.7. The van der Waals surface area contributed by atoms with Gasteiger partial charge in [0.2, 0.25) is 0 Å². The second-order valence-electron chi connectivity index (χ2n) is 6.27. The van der Waals surface area contributed by atoms with Crippen LogP contribution in [0.4, 0.5) is 5.82 Å². The van der Waals surface area contributed by atoms with Crippen molar-refractivity contribution in [3.63, 3.8) is 0 Å². The molecule has 1 fully saturated rings. The predicted molar refractivity (Wildman–Crippen MR) is 96.2 cm³/mol. The van der Waals surface area contributed by atoms with Crippen molar-refractivity contribution >= 4 is 22.6 Å². The second-order valence-corrected chi connectivity index (χ2v) is 6.27.